The van der Waals surface area contributed by atoms with E-state index in [1.807, 2.05) is 24.3 Å². The van der Waals surface area contributed by atoms with Crippen molar-refractivity contribution in [3.63, 3.8) is 0 Å². The van der Waals surface area contributed by atoms with Gasteiger partial charge >= 0.3 is 0 Å². The highest BCUT2D eigenvalue weighted by molar-refractivity contribution is 5.96. The minimum atomic E-state index is -0.0294. The monoisotopic (exact) mass is 260 g/mol. The van der Waals surface area contributed by atoms with Crippen LogP contribution < -0.4 is 15.4 Å². The molecule has 0 unspecified atom stereocenters. The number of benzene rings is 1. The largest absolute Gasteiger partial charge is 0.492 e. The number of carbonyl (C=O) groups excluding carboxylic acids is 1. The van der Waals surface area contributed by atoms with Gasteiger partial charge in [0.05, 0.1) is 12.2 Å². The summed E-state index contributed by atoms with van der Waals surface area (Å²) >= 11 is 0. The third kappa shape index (κ3) is 3.26. The van der Waals surface area contributed by atoms with E-state index in [1.165, 1.54) is 12.8 Å². The summed E-state index contributed by atoms with van der Waals surface area (Å²) in [6, 6.07) is 7.50. The van der Waals surface area contributed by atoms with Crippen molar-refractivity contribution in [1.82, 2.24) is 10.6 Å². The van der Waals surface area contributed by atoms with Crippen LogP contribution in [0.5, 0.6) is 5.75 Å². The molecule has 4 heteroatoms. The zero-order valence-corrected chi connectivity index (χ0v) is 11.0. The van der Waals surface area contributed by atoms with Gasteiger partial charge in [-0.3, -0.25) is 4.79 Å². The number of rotatable bonds is 6. The maximum atomic E-state index is 12.2. The van der Waals surface area contributed by atoms with Gasteiger partial charge < -0.3 is 15.4 Å². The average Bonchev–Trinajstić information content (AvgIpc) is 3.18. The quantitative estimate of drug-likeness (QED) is 0.813. The van der Waals surface area contributed by atoms with Crippen molar-refractivity contribution in [2.75, 3.05) is 26.2 Å². The predicted molar refractivity (Wildman–Crippen MR) is 73.4 cm³/mol. The summed E-state index contributed by atoms with van der Waals surface area (Å²) in [6.07, 6.45) is 2.51. The fourth-order valence-corrected chi connectivity index (χ4v) is 2.10. The van der Waals surface area contributed by atoms with Crippen LogP contribution in [0.1, 0.15) is 23.2 Å². The van der Waals surface area contributed by atoms with Crippen LogP contribution in [-0.2, 0) is 0 Å². The third-order valence-corrected chi connectivity index (χ3v) is 3.72. The van der Waals surface area contributed by atoms with Crippen LogP contribution in [0.25, 0.3) is 0 Å². The molecule has 2 N–H and O–H groups in total. The lowest BCUT2D eigenvalue weighted by atomic mass is 10.0. The molecule has 0 bridgehead atoms. The van der Waals surface area contributed by atoms with Gasteiger partial charge in [0.25, 0.3) is 5.91 Å². The summed E-state index contributed by atoms with van der Waals surface area (Å²) in [6.45, 7) is 3.47. The molecule has 2 fully saturated rings. The van der Waals surface area contributed by atoms with Crippen LogP contribution >= 0.6 is 0 Å². The van der Waals surface area contributed by atoms with Crippen LogP contribution in [0, 0.1) is 11.8 Å². The highest BCUT2D eigenvalue weighted by Crippen LogP contribution is 2.30. The van der Waals surface area contributed by atoms with E-state index in [4.69, 9.17) is 4.74 Å². The van der Waals surface area contributed by atoms with Gasteiger partial charge in [0.2, 0.25) is 0 Å². The molecule has 0 aromatic heterocycles. The molecular weight excluding hydrogens is 240 g/mol. The zero-order valence-electron chi connectivity index (χ0n) is 11.0. The molecule has 0 spiro atoms. The Morgan fingerprint density at radius 1 is 1.26 bits per heavy atom. The highest BCUT2D eigenvalue weighted by atomic mass is 16.5. The molecular formula is C15H20N2O2. The molecule has 1 amide bonds. The lowest BCUT2D eigenvalue weighted by molar-refractivity contribution is 0.0938. The molecule has 0 radical (unpaired) electrons. The smallest absolute Gasteiger partial charge is 0.255 e. The second-order valence-corrected chi connectivity index (χ2v) is 5.48. The Bertz CT molecular complexity index is 453. The highest BCUT2D eigenvalue weighted by Gasteiger charge is 2.23. The number of ether oxygens (including phenoxy) is 1. The third-order valence-electron chi connectivity index (χ3n) is 3.72. The summed E-state index contributed by atoms with van der Waals surface area (Å²) in [5.74, 6) is 1.94. The first-order chi connectivity index (χ1) is 9.33. The number of para-hydroxylation sites is 1. The van der Waals surface area contributed by atoms with E-state index < -0.39 is 0 Å². The maximum absolute atomic E-state index is 12.2. The van der Waals surface area contributed by atoms with E-state index in [2.05, 4.69) is 10.6 Å². The van der Waals surface area contributed by atoms with Gasteiger partial charge in [0, 0.05) is 25.6 Å². The predicted octanol–water partition coefficient (Wildman–Crippen LogP) is 1.42. The normalized spacial score (nSPS) is 18.7. The zero-order chi connectivity index (χ0) is 13.1. The number of amides is 1. The minimum Gasteiger partial charge on any atom is -0.492 e. The van der Waals surface area contributed by atoms with Gasteiger partial charge in [0.15, 0.2) is 0 Å². The first-order valence-corrected chi connectivity index (χ1v) is 7.03. The molecule has 2 aliphatic rings. The van der Waals surface area contributed by atoms with E-state index in [9.17, 15) is 4.79 Å². The van der Waals surface area contributed by atoms with Gasteiger partial charge in [-0.1, -0.05) is 12.1 Å². The number of nitrogens with one attached hydrogen (secondary N) is 2. The van der Waals surface area contributed by atoms with Gasteiger partial charge in [-0.25, -0.2) is 0 Å². The van der Waals surface area contributed by atoms with Crippen LogP contribution in [-0.4, -0.2) is 32.1 Å². The molecule has 4 nitrogen and oxygen atoms in total. The molecule has 1 saturated carbocycles. The van der Waals surface area contributed by atoms with E-state index in [0.717, 1.165) is 26.2 Å². The Balaban J connectivity index is 1.58. The first kappa shape index (κ1) is 12.5. The van der Waals surface area contributed by atoms with Gasteiger partial charge in [-0.05, 0) is 30.9 Å². The Morgan fingerprint density at radius 2 is 2.05 bits per heavy atom. The van der Waals surface area contributed by atoms with Crippen molar-refractivity contribution in [3.8, 4) is 5.75 Å². The summed E-state index contributed by atoms with van der Waals surface area (Å²) in [5, 5.41) is 6.19. The Kier molecular flexibility index (Phi) is 3.69. The summed E-state index contributed by atoms with van der Waals surface area (Å²) in [7, 11) is 0. The molecule has 1 aromatic carbocycles. The van der Waals surface area contributed by atoms with Crippen LogP contribution in [0.4, 0.5) is 0 Å². The van der Waals surface area contributed by atoms with E-state index in [-0.39, 0.29) is 5.91 Å². The Labute approximate surface area is 113 Å². The summed E-state index contributed by atoms with van der Waals surface area (Å²) < 4.78 is 5.76. The lowest BCUT2D eigenvalue weighted by Crippen LogP contribution is -2.48. The van der Waals surface area contributed by atoms with Crippen LogP contribution in [0.2, 0.25) is 0 Å². The second-order valence-electron chi connectivity index (χ2n) is 5.48. The molecule has 19 heavy (non-hydrogen) atoms. The topological polar surface area (TPSA) is 50.4 Å². The lowest BCUT2D eigenvalue weighted by Gasteiger charge is -2.27. The van der Waals surface area contributed by atoms with Gasteiger partial charge in [-0.15, -0.1) is 0 Å². The van der Waals surface area contributed by atoms with Crippen LogP contribution in [0.3, 0.4) is 0 Å². The van der Waals surface area contributed by atoms with Gasteiger partial charge in [-0.2, -0.15) is 0 Å². The van der Waals surface area contributed by atoms with Crippen molar-refractivity contribution >= 4 is 5.91 Å². The number of hydrogen-bond donors (Lipinski definition) is 2. The summed E-state index contributed by atoms with van der Waals surface area (Å²) in [5.41, 5.74) is 0.649. The standard InChI is InChI=1S/C15H20N2O2/c18-15(17-9-12-7-16-8-12)13-3-1-2-4-14(13)19-10-11-5-6-11/h1-4,11-12,16H,5-10H2,(H,17,18). The van der Waals surface area contributed by atoms with Crippen molar-refractivity contribution in [2.24, 2.45) is 11.8 Å². The molecule has 1 aromatic rings. The number of carbonyl (C=O) groups is 1. The average molecular weight is 260 g/mol. The van der Waals surface area contributed by atoms with Crippen molar-refractivity contribution in [2.45, 2.75) is 12.8 Å². The minimum absolute atomic E-state index is 0.0294. The number of hydrogen-bond acceptors (Lipinski definition) is 3. The summed E-state index contributed by atoms with van der Waals surface area (Å²) in [4.78, 5) is 12.2. The van der Waals surface area contributed by atoms with Crippen molar-refractivity contribution in [1.29, 1.82) is 0 Å². The Morgan fingerprint density at radius 3 is 2.74 bits per heavy atom. The van der Waals surface area contributed by atoms with E-state index >= 15 is 0 Å². The molecule has 1 saturated heterocycles. The molecule has 3 rings (SSSR count). The second kappa shape index (κ2) is 5.61. The van der Waals surface area contributed by atoms with E-state index in [1.54, 1.807) is 0 Å². The SMILES string of the molecule is O=C(NCC1CNC1)c1ccccc1OCC1CC1. The maximum Gasteiger partial charge on any atom is 0.255 e. The molecule has 1 aliphatic heterocycles. The molecule has 1 aliphatic carbocycles. The van der Waals surface area contributed by atoms with Crippen LogP contribution in [0.15, 0.2) is 24.3 Å². The molecule has 1 heterocycles. The molecule has 0 atom stereocenters. The van der Waals surface area contributed by atoms with Crippen molar-refractivity contribution in [3.05, 3.63) is 29.8 Å². The van der Waals surface area contributed by atoms with Crippen molar-refractivity contribution < 1.29 is 9.53 Å². The first-order valence-electron chi connectivity index (χ1n) is 7.03. The van der Waals surface area contributed by atoms with E-state index in [0.29, 0.717) is 23.1 Å². The Hall–Kier alpha value is -1.55. The fourth-order valence-electron chi connectivity index (χ4n) is 2.10. The van der Waals surface area contributed by atoms with Gasteiger partial charge in [0.1, 0.15) is 5.75 Å². The molecule has 102 valence electrons. The fraction of sp³-hybridized carbons (Fsp3) is 0.533.